The van der Waals surface area contributed by atoms with Crippen molar-refractivity contribution in [3.63, 3.8) is 0 Å². The third-order valence-corrected chi connectivity index (χ3v) is 0. The Morgan fingerprint density at radius 2 is 0.875 bits per heavy atom. The van der Waals surface area contributed by atoms with Gasteiger partial charge in [-0.1, -0.05) is 0 Å². The van der Waals surface area contributed by atoms with Crippen molar-refractivity contribution in [2.45, 2.75) is 0 Å². The first-order chi connectivity index (χ1) is 2.00. The monoisotopic (exact) mass is 236 g/mol. The molecule has 0 bridgehead atoms. The third-order valence-electron chi connectivity index (χ3n) is 0. The molecule has 0 saturated carbocycles. The molecule has 0 aromatic rings. The Labute approximate surface area is 94.2 Å². The molecule has 1 unspecified atom stereocenters. The molecule has 0 aromatic carbocycles. The summed E-state index contributed by atoms with van der Waals surface area (Å²) in [5.74, 6) is 0. The number of hydrogen-bond donors (Lipinski definition) is 4. The van der Waals surface area contributed by atoms with E-state index in [0.717, 1.165) is 0 Å². The summed E-state index contributed by atoms with van der Waals surface area (Å²) < 4.78 is 0. The van der Waals surface area contributed by atoms with Gasteiger partial charge in [0.1, 0.15) is 0 Å². The average Bonchev–Trinajstić information content (AvgIpc) is 0.722. The Hall–Kier alpha value is 2.37. The van der Waals surface area contributed by atoms with E-state index in [0.29, 0.717) is 0 Å². The van der Waals surface area contributed by atoms with Crippen LogP contribution < -0.4 is 0 Å². The summed E-state index contributed by atoms with van der Waals surface area (Å²) in [7, 11) is -4.61. The largest absolute Gasteiger partial charge is 0 e. The summed E-state index contributed by atoms with van der Waals surface area (Å²) in [6.07, 6.45) is 0. The second-order valence-electron chi connectivity index (χ2n) is 0.600. The Morgan fingerprint density at radius 1 is 0.875 bits per heavy atom. The van der Waals surface area contributed by atoms with Crippen molar-refractivity contribution in [1.29, 1.82) is 0 Å². The maximum absolute atomic E-state index is 7.33. The quantitative estimate of drug-likeness (QED) is 0.261. The van der Waals surface area contributed by atoms with Crippen LogP contribution in [0.2, 0.25) is 0 Å². The first kappa shape index (κ1) is 22.4. The molecule has 0 heterocycles. The SMILES string of the molecule is O[Si](O)(O)O.P.[CaH2].[Zn]. The van der Waals surface area contributed by atoms with Gasteiger partial charge in [0, 0.05) is 19.5 Å². The molecular weight excluding hydrogens is 229 g/mol. The van der Waals surface area contributed by atoms with Crippen LogP contribution in [0.3, 0.4) is 0 Å². The van der Waals surface area contributed by atoms with E-state index in [-0.39, 0.29) is 67.1 Å². The van der Waals surface area contributed by atoms with Gasteiger partial charge in [0.2, 0.25) is 0 Å². The van der Waals surface area contributed by atoms with Crippen molar-refractivity contribution < 1.29 is 38.7 Å². The molecule has 0 aliphatic rings. The summed E-state index contributed by atoms with van der Waals surface area (Å²) in [6.45, 7) is 0. The van der Waals surface area contributed by atoms with Gasteiger partial charge < -0.3 is 19.2 Å². The summed E-state index contributed by atoms with van der Waals surface area (Å²) in [5, 5.41) is 0. The van der Waals surface area contributed by atoms with Crippen LogP contribution in [0.4, 0.5) is 0 Å². The molecule has 0 amide bonds. The molecule has 4 nitrogen and oxygen atoms in total. The molecule has 0 spiro atoms. The van der Waals surface area contributed by atoms with Gasteiger partial charge in [-0.3, -0.25) is 0 Å². The van der Waals surface area contributed by atoms with Crippen molar-refractivity contribution >= 4 is 56.7 Å². The predicted molar refractivity (Wildman–Crippen MR) is 34.3 cm³/mol. The van der Waals surface area contributed by atoms with Gasteiger partial charge in [-0.25, -0.2) is 0 Å². The minimum absolute atomic E-state index is 0. The summed E-state index contributed by atoms with van der Waals surface area (Å²) in [6, 6.07) is 0. The van der Waals surface area contributed by atoms with Crippen LogP contribution in [0.25, 0.3) is 0 Å². The van der Waals surface area contributed by atoms with Crippen LogP contribution in [0.5, 0.6) is 0 Å². The second kappa shape index (κ2) is 9.37. The van der Waals surface area contributed by atoms with Gasteiger partial charge in [0.15, 0.2) is 0 Å². The molecule has 0 radical (unpaired) electrons. The van der Waals surface area contributed by atoms with E-state index in [1.165, 1.54) is 0 Å². The minimum atomic E-state index is -4.61. The first-order valence-electron chi connectivity index (χ1n) is 0.894. The van der Waals surface area contributed by atoms with Crippen molar-refractivity contribution in [3.05, 3.63) is 0 Å². The number of rotatable bonds is 0. The van der Waals surface area contributed by atoms with Crippen molar-refractivity contribution in [2.75, 3.05) is 0 Å². The fraction of sp³-hybridized carbons (Fsp3) is 0. The van der Waals surface area contributed by atoms with Gasteiger partial charge in [-0.2, -0.15) is 9.90 Å². The molecule has 0 saturated heterocycles. The van der Waals surface area contributed by atoms with Gasteiger partial charge in [-0.05, 0) is 0 Å². The molecule has 0 fully saturated rings. The van der Waals surface area contributed by atoms with Gasteiger partial charge in [-0.15, -0.1) is 0 Å². The van der Waals surface area contributed by atoms with Gasteiger partial charge in [0.05, 0.1) is 0 Å². The Balaban J connectivity index is -0.0000000267. The molecule has 4 N–H and O–H groups in total. The predicted octanol–water partition coefficient (Wildman–Crippen LogP) is -3.47. The molecule has 0 rings (SSSR count). The van der Waals surface area contributed by atoms with E-state index < -0.39 is 9.05 Å². The van der Waals surface area contributed by atoms with E-state index in [2.05, 4.69) is 0 Å². The maximum Gasteiger partial charge on any atom is 0 e. The van der Waals surface area contributed by atoms with Crippen LogP contribution in [0, 0.1) is 0 Å². The van der Waals surface area contributed by atoms with E-state index >= 15 is 0 Å². The van der Waals surface area contributed by atoms with Gasteiger partial charge in [0.25, 0.3) is 0 Å². The third kappa shape index (κ3) is 80.9. The number of hydrogen-bond acceptors (Lipinski definition) is 4. The molecule has 46 valence electrons. The standard InChI is InChI=1S/Ca.H4O4Si.H3P.Zn.2H/c;1-5(2,3)4;;;;/h;1-4H;1H3;;;. The van der Waals surface area contributed by atoms with Crippen LogP contribution in [0.1, 0.15) is 0 Å². The fourth-order valence-electron chi connectivity index (χ4n) is 0. The molecule has 1 atom stereocenters. The molecular formula is H9CaO4PSiZn. The van der Waals surface area contributed by atoms with Crippen molar-refractivity contribution in [1.82, 2.24) is 0 Å². The Kier molecular flexibility index (Phi) is 26.3. The summed E-state index contributed by atoms with van der Waals surface area (Å²) in [4.78, 5) is 29.3. The zero-order chi connectivity index (χ0) is 4.50. The normalized spacial score (nSPS) is 7.50. The van der Waals surface area contributed by atoms with E-state index in [1.54, 1.807) is 0 Å². The Morgan fingerprint density at radius 3 is 0.875 bits per heavy atom. The van der Waals surface area contributed by atoms with E-state index in [1.807, 2.05) is 0 Å². The fourth-order valence-corrected chi connectivity index (χ4v) is 0. The maximum atomic E-state index is 7.33. The topological polar surface area (TPSA) is 80.9 Å². The van der Waals surface area contributed by atoms with Crippen LogP contribution in [0.15, 0.2) is 0 Å². The zero-order valence-electron chi connectivity index (χ0n) is 3.70. The molecule has 8 heteroatoms. The zero-order valence-corrected chi connectivity index (χ0v) is 9.08. The first-order valence-corrected chi connectivity index (χ1v) is 2.68. The van der Waals surface area contributed by atoms with Crippen LogP contribution in [-0.2, 0) is 19.5 Å². The van der Waals surface area contributed by atoms with Crippen LogP contribution >= 0.6 is 9.90 Å². The van der Waals surface area contributed by atoms with E-state index in [4.69, 9.17) is 19.2 Å². The van der Waals surface area contributed by atoms with Crippen LogP contribution in [-0.4, -0.2) is 66.0 Å². The Bertz CT molecular complexity index is 31.5. The molecule has 0 aromatic heterocycles. The van der Waals surface area contributed by atoms with Gasteiger partial charge >= 0.3 is 46.8 Å². The smallest absolute Gasteiger partial charge is 0 e. The second-order valence-corrected chi connectivity index (χ2v) is 1.80. The molecule has 0 aliphatic heterocycles. The summed E-state index contributed by atoms with van der Waals surface area (Å²) >= 11 is 0. The summed E-state index contributed by atoms with van der Waals surface area (Å²) in [5.41, 5.74) is 0. The van der Waals surface area contributed by atoms with Crippen molar-refractivity contribution in [3.8, 4) is 0 Å². The average molecular weight is 238 g/mol. The minimum Gasteiger partial charge on any atom is 0 e. The van der Waals surface area contributed by atoms with E-state index in [9.17, 15) is 0 Å². The molecule has 8 heavy (non-hydrogen) atoms. The molecule has 0 aliphatic carbocycles. The van der Waals surface area contributed by atoms with Crippen molar-refractivity contribution in [2.24, 2.45) is 0 Å².